The van der Waals surface area contributed by atoms with E-state index in [-0.39, 0.29) is 11.7 Å². The van der Waals surface area contributed by atoms with Gasteiger partial charge < -0.3 is 20.5 Å². The van der Waals surface area contributed by atoms with Gasteiger partial charge in [0.15, 0.2) is 5.78 Å². The first-order chi connectivity index (χ1) is 13.5. The molecular weight excluding hydrogens is 378 g/mol. The number of benzene rings is 1. The van der Waals surface area contributed by atoms with Crippen LogP contribution >= 0.6 is 11.3 Å². The smallest absolute Gasteiger partial charge is 0.268 e. The van der Waals surface area contributed by atoms with Crippen molar-refractivity contribution in [2.75, 3.05) is 25.3 Å². The summed E-state index contributed by atoms with van der Waals surface area (Å²) in [6.45, 7) is 0. The van der Waals surface area contributed by atoms with Gasteiger partial charge in [-0.3, -0.25) is 9.59 Å². The number of Topliss-reactive ketones (excluding diaryl/α,β-unsaturated/α-hetero) is 1. The molecule has 4 rings (SSSR count). The summed E-state index contributed by atoms with van der Waals surface area (Å²) < 4.78 is 10.5. The second-order valence-corrected chi connectivity index (χ2v) is 7.48. The van der Waals surface area contributed by atoms with E-state index in [1.54, 1.807) is 31.4 Å². The van der Waals surface area contributed by atoms with Gasteiger partial charge in [0, 0.05) is 23.4 Å². The number of carbonyl (C=O) groups excluding carboxylic acids is 2. The van der Waals surface area contributed by atoms with E-state index < -0.39 is 0 Å². The van der Waals surface area contributed by atoms with Crippen LogP contribution in [0.5, 0.6) is 11.5 Å². The number of pyridine rings is 1. The zero-order valence-electron chi connectivity index (χ0n) is 15.5. The molecule has 2 aromatic heterocycles. The molecule has 7 nitrogen and oxygen atoms in total. The molecule has 8 heteroatoms. The number of amides is 1. The van der Waals surface area contributed by atoms with Gasteiger partial charge in [-0.2, -0.15) is 0 Å². The lowest BCUT2D eigenvalue weighted by Crippen LogP contribution is -2.13. The van der Waals surface area contributed by atoms with E-state index in [0.29, 0.717) is 50.0 Å². The summed E-state index contributed by atoms with van der Waals surface area (Å²) in [6.07, 6.45) is 2.08. The number of aryl methyl sites for hydroxylation is 1. The Labute approximate surface area is 165 Å². The number of hydrogen-bond donors (Lipinski definition) is 2. The molecule has 1 aliphatic carbocycles. The van der Waals surface area contributed by atoms with Crippen molar-refractivity contribution in [2.24, 2.45) is 0 Å². The summed E-state index contributed by atoms with van der Waals surface area (Å²) in [5.74, 6) is 0.811. The second kappa shape index (κ2) is 7.12. The lowest BCUT2D eigenvalue weighted by Gasteiger charge is -2.13. The third-order valence-corrected chi connectivity index (χ3v) is 5.89. The molecule has 0 atom stereocenters. The molecule has 2 heterocycles. The number of carbonyl (C=O) groups is 2. The van der Waals surface area contributed by atoms with Crippen molar-refractivity contribution in [1.82, 2.24) is 4.98 Å². The van der Waals surface area contributed by atoms with Crippen molar-refractivity contribution < 1.29 is 19.1 Å². The van der Waals surface area contributed by atoms with E-state index in [0.717, 1.165) is 18.5 Å². The summed E-state index contributed by atoms with van der Waals surface area (Å²) >= 11 is 1.22. The van der Waals surface area contributed by atoms with Crippen LogP contribution in [0.2, 0.25) is 0 Å². The standard InChI is InChI=1S/C20H19N3O4S/c1-26-10-6-7-16(27-2)14(8-10)22-19(25)18-17(21)12-9-11-13(23-20(12)28-18)4-3-5-15(11)24/h6-9H,3-5,21H2,1-2H3,(H,22,25). The molecule has 0 saturated heterocycles. The van der Waals surface area contributed by atoms with E-state index in [1.165, 1.54) is 18.4 Å². The van der Waals surface area contributed by atoms with Gasteiger partial charge in [-0.25, -0.2) is 4.98 Å². The Hall–Kier alpha value is -3.13. The van der Waals surface area contributed by atoms with E-state index in [2.05, 4.69) is 10.3 Å². The van der Waals surface area contributed by atoms with Gasteiger partial charge in [0.25, 0.3) is 5.91 Å². The van der Waals surface area contributed by atoms with Crippen molar-refractivity contribution in [3.8, 4) is 11.5 Å². The van der Waals surface area contributed by atoms with Crippen LogP contribution in [0.4, 0.5) is 11.4 Å². The number of aromatic nitrogens is 1. The highest BCUT2D eigenvalue weighted by Crippen LogP contribution is 2.37. The average Bonchev–Trinajstić information content (AvgIpc) is 3.03. The van der Waals surface area contributed by atoms with Crippen molar-refractivity contribution in [2.45, 2.75) is 19.3 Å². The molecule has 0 bridgehead atoms. The van der Waals surface area contributed by atoms with Gasteiger partial charge in [-0.1, -0.05) is 0 Å². The molecule has 0 spiro atoms. The number of nitrogens with two attached hydrogens (primary N) is 1. The van der Waals surface area contributed by atoms with Crippen molar-refractivity contribution in [3.05, 3.63) is 40.4 Å². The molecule has 3 N–H and O–H groups in total. The van der Waals surface area contributed by atoms with Crippen molar-refractivity contribution in [1.29, 1.82) is 0 Å². The molecular formula is C20H19N3O4S. The van der Waals surface area contributed by atoms with Crippen LogP contribution in [0.15, 0.2) is 24.3 Å². The van der Waals surface area contributed by atoms with Crippen LogP contribution in [-0.4, -0.2) is 30.9 Å². The predicted octanol–water partition coefficient (Wildman–Crippen LogP) is 3.67. The van der Waals surface area contributed by atoms with Crippen LogP contribution < -0.4 is 20.5 Å². The Morgan fingerprint density at radius 1 is 1.21 bits per heavy atom. The maximum Gasteiger partial charge on any atom is 0.268 e. The van der Waals surface area contributed by atoms with Crippen LogP contribution in [0.3, 0.4) is 0 Å². The number of hydrogen-bond acceptors (Lipinski definition) is 7. The number of nitrogens with zero attached hydrogens (tertiary/aromatic N) is 1. The molecule has 0 unspecified atom stereocenters. The Bertz CT molecular complexity index is 1110. The molecule has 1 aromatic carbocycles. The number of ether oxygens (including phenoxy) is 2. The SMILES string of the molecule is COc1ccc(OC)c(NC(=O)c2sc3nc4c(cc3c2N)C(=O)CCC4)c1. The van der Waals surface area contributed by atoms with Gasteiger partial charge in [0.05, 0.1) is 31.3 Å². The summed E-state index contributed by atoms with van der Waals surface area (Å²) in [5.41, 5.74) is 8.45. The Balaban J connectivity index is 1.72. The van der Waals surface area contributed by atoms with E-state index in [9.17, 15) is 9.59 Å². The molecule has 28 heavy (non-hydrogen) atoms. The van der Waals surface area contributed by atoms with Gasteiger partial charge in [0.1, 0.15) is 21.2 Å². The zero-order valence-corrected chi connectivity index (χ0v) is 16.3. The number of thiophene rings is 1. The molecule has 1 amide bonds. The third kappa shape index (κ3) is 3.05. The molecule has 3 aromatic rings. The lowest BCUT2D eigenvalue weighted by molar-refractivity contribution is 0.0970. The molecule has 0 aliphatic heterocycles. The first kappa shape index (κ1) is 18.2. The van der Waals surface area contributed by atoms with Crippen molar-refractivity contribution >= 4 is 44.6 Å². The monoisotopic (exact) mass is 397 g/mol. The minimum atomic E-state index is -0.364. The first-order valence-corrected chi connectivity index (χ1v) is 9.62. The van der Waals surface area contributed by atoms with E-state index >= 15 is 0 Å². The van der Waals surface area contributed by atoms with E-state index in [4.69, 9.17) is 15.2 Å². The maximum atomic E-state index is 12.9. The first-order valence-electron chi connectivity index (χ1n) is 8.80. The Morgan fingerprint density at radius 2 is 2.04 bits per heavy atom. The Morgan fingerprint density at radius 3 is 2.79 bits per heavy atom. The predicted molar refractivity (Wildman–Crippen MR) is 109 cm³/mol. The lowest BCUT2D eigenvalue weighted by atomic mass is 9.94. The third-order valence-electron chi connectivity index (χ3n) is 4.78. The fourth-order valence-electron chi connectivity index (χ4n) is 3.32. The zero-order chi connectivity index (χ0) is 19.8. The van der Waals surface area contributed by atoms with Gasteiger partial charge in [-0.15, -0.1) is 11.3 Å². The molecule has 1 aliphatic rings. The molecule has 0 saturated carbocycles. The highest BCUT2D eigenvalue weighted by molar-refractivity contribution is 7.21. The Kier molecular flexibility index (Phi) is 4.64. The van der Waals surface area contributed by atoms with Crippen molar-refractivity contribution in [3.63, 3.8) is 0 Å². The average molecular weight is 397 g/mol. The fraction of sp³-hybridized carbons (Fsp3) is 0.250. The summed E-state index contributed by atoms with van der Waals surface area (Å²) in [4.78, 5) is 30.7. The molecule has 144 valence electrons. The number of nitrogens with one attached hydrogen (secondary N) is 1. The van der Waals surface area contributed by atoms with Crippen LogP contribution in [0, 0.1) is 0 Å². The summed E-state index contributed by atoms with van der Waals surface area (Å²) in [7, 11) is 3.07. The number of ketones is 1. The number of methoxy groups -OCH3 is 2. The second-order valence-electron chi connectivity index (χ2n) is 6.48. The van der Waals surface area contributed by atoms with Gasteiger partial charge in [0.2, 0.25) is 0 Å². The summed E-state index contributed by atoms with van der Waals surface area (Å²) in [5, 5.41) is 3.46. The fourth-order valence-corrected chi connectivity index (χ4v) is 4.31. The number of nitrogen functional groups attached to an aromatic ring is 1. The van der Waals surface area contributed by atoms with Gasteiger partial charge >= 0.3 is 0 Å². The number of rotatable bonds is 4. The number of fused-ring (bicyclic) bond motifs is 2. The molecule has 0 fully saturated rings. The van der Waals surface area contributed by atoms with Crippen LogP contribution in [0.25, 0.3) is 10.2 Å². The highest BCUT2D eigenvalue weighted by Gasteiger charge is 2.24. The highest BCUT2D eigenvalue weighted by atomic mass is 32.1. The normalized spacial score (nSPS) is 13.3. The molecule has 0 radical (unpaired) electrons. The van der Waals surface area contributed by atoms with E-state index in [1.807, 2.05) is 0 Å². The maximum absolute atomic E-state index is 12.9. The largest absolute Gasteiger partial charge is 0.497 e. The van der Waals surface area contributed by atoms with Crippen LogP contribution in [-0.2, 0) is 6.42 Å². The topological polar surface area (TPSA) is 104 Å². The minimum Gasteiger partial charge on any atom is -0.497 e. The van der Waals surface area contributed by atoms with Crippen LogP contribution in [0.1, 0.15) is 38.6 Å². The minimum absolute atomic E-state index is 0.0772. The quantitative estimate of drug-likeness (QED) is 0.696. The summed E-state index contributed by atoms with van der Waals surface area (Å²) in [6, 6.07) is 6.90. The van der Waals surface area contributed by atoms with Gasteiger partial charge in [-0.05, 0) is 31.0 Å². The number of anilines is 2.